The Bertz CT molecular complexity index is 2540. The number of nitriles is 3. The van der Waals surface area contributed by atoms with E-state index in [2.05, 4.69) is 129 Å². The van der Waals surface area contributed by atoms with E-state index in [9.17, 15) is 15.8 Å². The van der Waals surface area contributed by atoms with Crippen molar-refractivity contribution in [2.75, 3.05) is 31.2 Å². The summed E-state index contributed by atoms with van der Waals surface area (Å²) >= 11 is 0.877. The maximum absolute atomic E-state index is 15.7. The molecule has 1 aliphatic carbocycles. The van der Waals surface area contributed by atoms with Gasteiger partial charge in [0.1, 0.15) is 23.8 Å². The molecule has 0 bridgehead atoms. The molecule has 0 spiro atoms. The molecule has 7 nitrogen and oxygen atoms in total. The van der Waals surface area contributed by atoms with Crippen molar-refractivity contribution in [3.8, 4) is 28.6 Å². The summed E-state index contributed by atoms with van der Waals surface area (Å²) in [5.74, 6) is -0.690. The number of allylic oxidation sites excluding steroid dienone is 8. The average molecular weight is 963 g/mol. The van der Waals surface area contributed by atoms with E-state index in [1.165, 1.54) is 18.2 Å². The monoisotopic (exact) mass is 962 g/mol. The Morgan fingerprint density at radius 1 is 0.791 bits per heavy atom. The molecule has 0 N–H and O–H groups in total. The summed E-state index contributed by atoms with van der Waals surface area (Å²) in [7, 11) is -3.85. The van der Waals surface area contributed by atoms with Crippen molar-refractivity contribution in [1.29, 1.82) is 15.8 Å². The highest BCUT2D eigenvalue weighted by atomic mass is 32.1. The van der Waals surface area contributed by atoms with Crippen LogP contribution in [0.15, 0.2) is 131 Å². The zero-order valence-corrected chi connectivity index (χ0v) is 43.9. The molecule has 3 aromatic rings. The van der Waals surface area contributed by atoms with Crippen molar-refractivity contribution in [1.82, 2.24) is 0 Å². The van der Waals surface area contributed by atoms with Crippen LogP contribution in [0.25, 0.3) is 16.5 Å². The summed E-state index contributed by atoms with van der Waals surface area (Å²) in [6.45, 7) is 29.7. The third kappa shape index (κ3) is 12.3. The van der Waals surface area contributed by atoms with Gasteiger partial charge in [0, 0.05) is 29.2 Å². The first-order valence-corrected chi connectivity index (χ1v) is 29.3. The van der Waals surface area contributed by atoms with Gasteiger partial charge in [-0.25, -0.2) is 0 Å². The maximum atomic E-state index is 15.7. The van der Waals surface area contributed by atoms with E-state index in [0.29, 0.717) is 30.1 Å². The molecule has 354 valence electrons. The van der Waals surface area contributed by atoms with E-state index in [1.807, 2.05) is 12.1 Å². The summed E-state index contributed by atoms with van der Waals surface area (Å²) in [6.07, 6.45) is 7.06. The van der Waals surface area contributed by atoms with Gasteiger partial charge in [0.2, 0.25) is 0 Å². The molecule has 1 aromatic heterocycles. The average Bonchev–Trinajstić information content (AvgIpc) is 3.86. The summed E-state index contributed by atoms with van der Waals surface area (Å²) in [5, 5.41) is 30.0. The number of hydrogen-bond donors (Lipinski definition) is 0. The van der Waals surface area contributed by atoms with E-state index in [-0.39, 0.29) is 20.4 Å². The largest absolute Gasteiger partial charge is 0.464 e. The molecule has 0 amide bonds. The quantitative estimate of drug-likeness (QED) is 0.110. The Labute approximate surface area is 403 Å². The van der Waals surface area contributed by atoms with Gasteiger partial charge < -0.3 is 18.5 Å². The van der Waals surface area contributed by atoms with E-state index >= 15 is 13.2 Å². The fraction of sp³-hybridized carbons (Fsp3) is 0.426. The number of thiophene rings is 1. The smallest absolute Gasteiger partial charge is 0.438 e. The number of halogens is 3. The van der Waals surface area contributed by atoms with E-state index in [0.717, 1.165) is 53.2 Å². The van der Waals surface area contributed by atoms with Gasteiger partial charge in [0.15, 0.2) is 28.0 Å². The fourth-order valence-electron chi connectivity index (χ4n) is 7.60. The Kier molecular flexibility index (Phi) is 16.2. The van der Waals surface area contributed by atoms with Crippen LogP contribution in [0.2, 0.25) is 36.3 Å². The van der Waals surface area contributed by atoms with Crippen molar-refractivity contribution in [3.63, 3.8) is 0 Å². The molecule has 0 saturated heterocycles. The second-order valence-corrected chi connectivity index (χ2v) is 31.8. The molecule has 0 saturated carbocycles. The van der Waals surface area contributed by atoms with Crippen LogP contribution in [0.1, 0.15) is 78.7 Å². The summed E-state index contributed by atoms with van der Waals surface area (Å²) < 4.78 is 65.9. The lowest BCUT2D eigenvalue weighted by Gasteiger charge is -2.38. The Morgan fingerprint density at radius 3 is 1.90 bits per heavy atom. The minimum absolute atomic E-state index is 0.117. The Morgan fingerprint density at radius 2 is 1.37 bits per heavy atom. The highest BCUT2D eigenvalue weighted by Crippen LogP contribution is 2.58. The number of ether oxygens (including phenoxy) is 1. The van der Waals surface area contributed by atoms with Gasteiger partial charge in [-0.1, -0.05) is 134 Å². The molecule has 1 aliphatic heterocycles. The summed E-state index contributed by atoms with van der Waals surface area (Å²) in [5.41, 5.74) is -0.249. The third-order valence-electron chi connectivity index (χ3n) is 13.4. The van der Waals surface area contributed by atoms with Crippen LogP contribution < -0.4 is 4.90 Å². The second-order valence-electron chi connectivity index (χ2n) is 21.1. The van der Waals surface area contributed by atoms with Gasteiger partial charge in [0.25, 0.3) is 5.60 Å². The van der Waals surface area contributed by atoms with E-state index in [4.69, 9.17) is 13.6 Å². The van der Waals surface area contributed by atoms with Gasteiger partial charge in [0.05, 0.1) is 18.1 Å². The molecule has 13 heteroatoms. The fourth-order valence-corrected chi connectivity index (χ4v) is 10.8. The number of alkyl halides is 3. The van der Waals surface area contributed by atoms with Crippen LogP contribution in [-0.4, -0.2) is 49.1 Å². The van der Waals surface area contributed by atoms with Crippen LogP contribution in [-0.2, 0) is 19.2 Å². The van der Waals surface area contributed by atoms with Crippen LogP contribution >= 0.6 is 11.3 Å². The molecule has 5 rings (SSSR count). The van der Waals surface area contributed by atoms with Gasteiger partial charge in [-0.15, -0.1) is 11.3 Å². The first-order chi connectivity index (χ1) is 31.2. The van der Waals surface area contributed by atoms with Crippen LogP contribution in [0.5, 0.6) is 0 Å². The minimum atomic E-state index is -5.09. The van der Waals surface area contributed by atoms with Gasteiger partial charge in [-0.3, -0.25) is 0 Å². The number of nitrogens with zero attached hydrogens (tertiary/aromatic N) is 4. The maximum Gasteiger partial charge on any atom is 0.438 e. The van der Waals surface area contributed by atoms with Gasteiger partial charge in [-0.05, 0) is 101 Å². The molecule has 0 radical (unpaired) electrons. The SMILES string of the molecule is CC1(C)CC(/C=C/c2ccc(N(CCO[Si](C)(C)C(C)(C)C)CCO[Si](C)(C)C(C)(C)C)cc2)=CC(=C\C=C/C2=C(C#N)C(=C(C#N)C#N)OC2(c2ccc(-c3ccccc3)s2)C(F)(F)F)/C1. The van der Waals surface area contributed by atoms with Crippen molar-refractivity contribution in [2.24, 2.45) is 5.41 Å². The molecule has 1 atom stereocenters. The first-order valence-electron chi connectivity index (χ1n) is 22.7. The molecule has 2 aromatic carbocycles. The Balaban J connectivity index is 1.44. The van der Waals surface area contributed by atoms with Crippen molar-refractivity contribution in [3.05, 3.63) is 141 Å². The van der Waals surface area contributed by atoms with Crippen LogP contribution in [0.4, 0.5) is 18.9 Å². The number of rotatable bonds is 15. The van der Waals surface area contributed by atoms with Crippen LogP contribution in [0.3, 0.4) is 0 Å². The predicted octanol–water partition coefficient (Wildman–Crippen LogP) is 15.1. The highest BCUT2D eigenvalue weighted by molar-refractivity contribution is 7.15. The number of hydrogen-bond acceptors (Lipinski definition) is 8. The zero-order valence-electron chi connectivity index (χ0n) is 41.1. The first kappa shape index (κ1) is 52.8. The summed E-state index contributed by atoms with van der Waals surface area (Å²) in [4.78, 5) is 2.67. The van der Waals surface area contributed by atoms with Crippen molar-refractivity contribution in [2.45, 2.75) is 116 Å². The lowest BCUT2D eigenvalue weighted by atomic mass is 9.75. The van der Waals surface area contributed by atoms with Crippen molar-refractivity contribution < 1.29 is 26.8 Å². The molecule has 67 heavy (non-hydrogen) atoms. The van der Waals surface area contributed by atoms with Crippen LogP contribution in [0, 0.1) is 39.4 Å². The highest BCUT2D eigenvalue weighted by Gasteiger charge is 2.66. The number of benzene rings is 2. The van der Waals surface area contributed by atoms with E-state index < -0.39 is 50.9 Å². The van der Waals surface area contributed by atoms with E-state index in [1.54, 1.807) is 48.5 Å². The normalized spacial score (nSPS) is 18.8. The second kappa shape index (κ2) is 20.6. The molecule has 2 heterocycles. The van der Waals surface area contributed by atoms with Gasteiger partial charge >= 0.3 is 6.18 Å². The molecular formula is C54H65F3N4O3SSi2. The standard InChI is InChI=1S/C54H65F3N4O3SSi2/c1-50(2,3)66(9,10)62-31-29-61(30-32-63-67(11,12)51(4,5)6)44-25-23-39(24-26-44)21-22-41-33-40(34-52(7,8)35-41)17-16-20-46-45(38-60)49(43(36-58)37-59)64-53(46,54(55,56)57)48-28-27-47(65-48)42-18-14-13-15-19-42/h13-28,33H,29-32,34-35H2,1-12H3/b20-16-,22-21+,40-17+. The minimum Gasteiger partial charge on any atom is -0.464 e. The predicted molar refractivity (Wildman–Crippen MR) is 272 cm³/mol. The lowest BCUT2D eigenvalue weighted by molar-refractivity contribution is -0.247. The molecule has 1 unspecified atom stereocenters. The summed E-state index contributed by atoms with van der Waals surface area (Å²) in [6, 6.07) is 25.4. The zero-order chi connectivity index (χ0) is 49.6. The number of anilines is 1. The molecule has 2 aliphatic rings. The molecular weight excluding hydrogens is 898 g/mol. The van der Waals surface area contributed by atoms with Gasteiger partial charge in [-0.2, -0.15) is 29.0 Å². The molecule has 0 fully saturated rings. The lowest BCUT2D eigenvalue weighted by Crippen LogP contribution is -2.44. The third-order valence-corrected chi connectivity index (χ3v) is 23.7. The van der Waals surface area contributed by atoms with Crippen molar-refractivity contribution >= 4 is 39.7 Å². The topological polar surface area (TPSA) is 102 Å². The Hall–Kier alpha value is -5.21.